The molecule has 3 nitrogen and oxygen atoms in total. The van der Waals surface area contributed by atoms with Gasteiger partial charge in [-0.25, -0.2) is 4.39 Å². The first-order valence-electron chi connectivity index (χ1n) is 6.90. The summed E-state index contributed by atoms with van der Waals surface area (Å²) in [4.78, 5) is 11.7. The molecule has 21 heavy (non-hydrogen) atoms. The van der Waals surface area contributed by atoms with Crippen molar-refractivity contribution in [2.24, 2.45) is 0 Å². The van der Waals surface area contributed by atoms with Crippen molar-refractivity contribution in [2.75, 3.05) is 6.61 Å². The van der Waals surface area contributed by atoms with Crippen LogP contribution in [0.15, 0.2) is 42.5 Å². The van der Waals surface area contributed by atoms with Gasteiger partial charge in [0.25, 0.3) is 0 Å². The Labute approximate surface area is 122 Å². The van der Waals surface area contributed by atoms with Gasteiger partial charge in [0.2, 0.25) is 0 Å². The number of esters is 1. The minimum absolute atomic E-state index is 0.0681. The quantitative estimate of drug-likeness (QED) is 0.803. The highest BCUT2D eigenvalue weighted by Crippen LogP contribution is 2.43. The highest BCUT2D eigenvalue weighted by molar-refractivity contribution is 5.78. The molecule has 1 atom stereocenters. The van der Waals surface area contributed by atoms with E-state index in [4.69, 9.17) is 9.47 Å². The molecule has 0 N–H and O–H groups in total. The van der Waals surface area contributed by atoms with Crippen molar-refractivity contribution in [1.29, 1.82) is 0 Å². The third-order valence-corrected chi connectivity index (χ3v) is 3.46. The largest absolute Gasteiger partial charge is 0.484 e. The van der Waals surface area contributed by atoms with Gasteiger partial charge < -0.3 is 9.47 Å². The Bertz CT molecular complexity index is 681. The van der Waals surface area contributed by atoms with Gasteiger partial charge >= 0.3 is 5.97 Å². The number of fused-ring (bicyclic) bond motifs is 3. The molecule has 2 aromatic rings. The number of hydrogen-bond donors (Lipinski definition) is 0. The Hall–Kier alpha value is -2.36. The zero-order chi connectivity index (χ0) is 14.8. The van der Waals surface area contributed by atoms with Crippen LogP contribution in [-0.2, 0) is 9.53 Å². The number of benzene rings is 2. The maximum absolute atomic E-state index is 13.6. The number of rotatable bonds is 3. The summed E-state index contributed by atoms with van der Waals surface area (Å²) in [6.07, 6.45) is -0.455. The number of carbonyl (C=O) groups is 1. The van der Waals surface area contributed by atoms with Crippen molar-refractivity contribution in [2.45, 2.75) is 19.4 Å². The summed E-state index contributed by atoms with van der Waals surface area (Å²) in [5.74, 6) is 0.00795. The van der Waals surface area contributed by atoms with Crippen LogP contribution in [0.25, 0.3) is 11.1 Å². The molecule has 2 aromatic carbocycles. The first kappa shape index (κ1) is 13.6. The molecule has 1 heterocycles. The van der Waals surface area contributed by atoms with Crippen molar-refractivity contribution in [3.63, 3.8) is 0 Å². The monoisotopic (exact) mass is 286 g/mol. The highest BCUT2D eigenvalue weighted by Gasteiger charge is 2.28. The van der Waals surface area contributed by atoms with E-state index in [9.17, 15) is 9.18 Å². The predicted molar refractivity (Wildman–Crippen MR) is 76.5 cm³/mol. The normalized spacial score (nSPS) is 15.6. The molecule has 0 saturated heterocycles. The van der Waals surface area contributed by atoms with Crippen molar-refractivity contribution in [3.05, 3.63) is 53.8 Å². The number of carbonyl (C=O) groups excluding carboxylic acids is 1. The minimum atomic E-state index is -0.523. The second-order valence-corrected chi connectivity index (χ2v) is 4.84. The second-order valence-electron chi connectivity index (χ2n) is 4.84. The van der Waals surface area contributed by atoms with Crippen molar-refractivity contribution in [3.8, 4) is 16.9 Å². The van der Waals surface area contributed by atoms with Crippen LogP contribution in [0.1, 0.15) is 25.0 Å². The molecule has 0 radical (unpaired) electrons. The van der Waals surface area contributed by atoms with Gasteiger partial charge in [0.1, 0.15) is 17.7 Å². The smallest absolute Gasteiger partial charge is 0.309 e. The first-order chi connectivity index (χ1) is 10.2. The third-order valence-electron chi connectivity index (χ3n) is 3.46. The molecular formula is C17H15FO3. The molecule has 0 aromatic heterocycles. The minimum Gasteiger partial charge on any atom is -0.484 e. The lowest BCUT2D eigenvalue weighted by Crippen LogP contribution is -2.19. The van der Waals surface area contributed by atoms with Crippen LogP contribution in [0, 0.1) is 5.82 Å². The maximum atomic E-state index is 13.6. The molecule has 0 fully saturated rings. The van der Waals surface area contributed by atoms with Gasteiger partial charge in [-0.05, 0) is 30.7 Å². The third kappa shape index (κ3) is 2.61. The average molecular weight is 286 g/mol. The average Bonchev–Trinajstić information content (AvgIpc) is 2.47. The summed E-state index contributed by atoms with van der Waals surface area (Å²) in [6.45, 7) is 2.07. The van der Waals surface area contributed by atoms with E-state index in [1.807, 2.05) is 24.3 Å². The number of halogens is 1. The molecule has 0 spiro atoms. The molecule has 0 bridgehead atoms. The van der Waals surface area contributed by atoms with Crippen LogP contribution in [0.4, 0.5) is 4.39 Å². The summed E-state index contributed by atoms with van der Waals surface area (Å²) < 4.78 is 24.4. The Morgan fingerprint density at radius 2 is 2.05 bits per heavy atom. The van der Waals surface area contributed by atoms with Gasteiger partial charge in [-0.3, -0.25) is 4.79 Å². The van der Waals surface area contributed by atoms with Crippen molar-refractivity contribution in [1.82, 2.24) is 0 Å². The molecule has 108 valence electrons. The van der Waals surface area contributed by atoms with Gasteiger partial charge in [-0.2, -0.15) is 0 Å². The predicted octanol–water partition coefficient (Wildman–Crippen LogP) is 3.88. The lowest BCUT2D eigenvalue weighted by Gasteiger charge is -2.28. The summed E-state index contributed by atoms with van der Waals surface area (Å²) in [6, 6.07) is 12.1. The lowest BCUT2D eigenvalue weighted by molar-refractivity contribution is -0.145. The second kappa shape index (κ2) is 5.56. The zero-order valence-electron chi connectivity index (χ0n) is 11.6. The highest BCUT2D eigenvalue weighted by atomic mass is 19.1. The molecule has 0 amide bonds. The molecule has 1 aliphatic heterocycles. The first-order valence-corrected chi connectivity index (χ1v) is 6.90. The van der Waals surface area contributed by atoms with E-state index in [1.165, 1.54) is 12.1 Å². The van der Waals surface area contributed by atoms with Crippen LogP contribution in [0.3, 0.4) is 0 Å². The Kier molecular flexibility index (Phi) is 3.60. The summed E-state index contributed by atoms with van der Waals surface area (Å²) in [5, 5.41) is 0. The summed E-state index contributed by atoms with van der Waals surface area (Å²) in [7, 11) is 0. The fourth-order valence-corrected chi connectivity index (χ4v) is 2.58. The SMILES string of the molecule is CCOC(=O)CC1Oc2ccccc2-c2ccc(F)cc21. The lowest BCUT2D eigenvalue weighted by atomic mass is 9.91. The van der Waals surface area contributed by atoms with Crippen LogP contribution >= 0.6 is 0 Å². The number of ether oxygens (including phenoxy) is 2. The molecular weight excluding hydrogens is 271 g/mol. The molecule has 1 unspecified atom stereocenters. The van der Waals surface area contributed by atoms with Crippen molar-refractivity contribution < 1.29 is 18.7 Å². The Morgan fingerprint density at radius 1 is 1.24 bits per heavy atom. The van der Waals surface area contributed by atoms with Gasteiger partial charge in [0.15, 0.2) is 0 Å². The maximum Gasteiger partial charge on any atom is 0.309 e. The van der Waals surface area contributed by atoms with E-state index in [2.05, 4.69) is 0 Å². The molecule has 0 aliphatic carbocycles. The van der Waals surface area contributed by atoms with Crippen LogP contribution < -0.4 is 4.74 Å². The van der Waals surface area contributed by atoms with Crippen molar-refractivity contribution >= 4 is 5.97 Å². The molecule has 3 rings (SSSR count). The van der Waals surface area contributed by atoms with Crippen LogP contribution in [0.5, 0.6) is 5.75 Å². The summed E-state index contributed by atoms with van der Waals surface area (Å²) >= 11 is 0. The topological polar surface area (TPSA) is 35.5 Å². The molecule has 1 aliphatic rings. The van der Waals surface area contributed by atoms with Gasteiger partial charge in [0, 0.05) is 11.1 Å². The van der Waals surface area contributed by atoms with Gasteiger partial charge in [-0.15, -0.1) is 0 Å². The fraction of sp³-hybridized carbons (Fsp3) is 0.235. The molecule has 4 heteroatoms. The summed E-state index contributed by atoms with van der Waals surface area (Å²) in [5.41, 5.74) is 2.49. The van der Waals surface area contributed by atoms with Gasteiger partial charge in [-0.1, -0.05) is 24.3 Å². The zero-order valence-corrected chi connectivity index (χ0v) is 11.6. The van der Waals surface area contributed by atoms with E-state index in [0.717, 1.165) is 11.1 Å². The number of hydrogen-bond acceptors (Lipinski definition) is 3. The van der Waals surface area contributed by atoms with E-state index in [1.54, 1.807) is 13.0 Å². The van der Waals surface area contributed by atoms with E-state index >= 15 is 0 Å². The van der Waals surface area contributed by atoms with Crippen LogP contribution in [-0.4, -0.2) is 12.6 Å². The van der Waals surface area contributed by atoms with Gasteiger partial charge in [0.05, 0.1) is 13.0 Å². The fourth-order valence-electron chi connectivity index (χ4n) is 2.58. The standard InChI is InChI=1S/C17H15FO3/c1-2-20-17(19)10-16-14-9-11(18)7-8-12(14)13-5-3-4-6-15(13)21-16/h3-9,16H,2,10H2,1H3. The van der Waals surface area contributed by atoms with E-state index < -0.39 is 6.10 Å². The Balaban J connectivity index is 2.02. The number of para-hydroxylation sites is 1. The van der Waals surface area contributed by atoms with E-state index in [-0.39, 0.29) is 18.2 Å². The Morgan fingerprint density at radius 3 is 2.86 bits per heavy atom. The molecule has 0 saturated carbocycles. The van der Waals surface area contributed by atoms with Crippen LogP contribution in [0.2, 0.25) is 0 Å². The van der Waals surface area contributed by atoms with E-state index in [0.29, 0.717) is 17.9 Å².